The Hall–Kier alpha value is -3.22. The minimum atomic E-state index is -0.314. The maximum Gasteiger partial charge on any atom is 0.276 e. The second-order valence-corrected chi connectivity index (χ2v) is 6.26. The number of carbonyl (C=O) groups excluding carboxylic acids is 1. The van der Waals surface area contributed by atoms with Crippen molar-refractivity contribution in [2.75, 3.05) is 14.2 Å². The molecule has 3 aromatic rings. The lowest BCUT2D eigenvalue weighted by molar-refractivity contribution is 0.0736. The molecule has 0 bridgehead atoms. The summed E-state index contributed by atoms with van der Waals surface area (Å²) in [7, 11) is 3.33. The predicted octanol–water partition coefficient (Wildman–Crippen LogP) is 3.31. The van der Waals surface area contributed by atoms with Gasteiger partial charge in [0, 0.05) is 12.6 Å². The molecule has 0 spiro atoms. The number of methoxy groups -OCH3 is 1. The third-order valence-corrected chi connectivity index (χ3v) is 4.55. The summed E-state index contributed by atoms with van der Waals surface area (Å²) in [5, 5.41) is 7.89. The molecule has 3 rings (SSSR count). The van der Waals surface area contributed by atoms with Crippen molar-refractivity contribution in [1.82, 2.24) is 19.9 Å². The van der Waals surface area contributed by atoms with Crippen LogP contribution in [0, 0.1) is 5.82 Å². The van der Waals surface area contributed by atoms with Crippen LogP contribution in [0.2, 0.25) is 0 Å². The maximum absolute atomic E-state index is 13.8. The monoisotopic (exact) mass is 368 g/mol. The first-order valence-electron chi connectivity index (χ1n) is 8.54. The molecule has 0 aliphatic heterocycles. The Kier molecular flexibility index (Phi) is 5.49. The molecule has 0 saturated carbocycles. The number of nitrogens with zero attached hydrogens (tertiary/aromatic N) is 4. The molecule has 1 amide bonds. The second kappa shape index (κ2) is 7.99. The Labute approximate surface area is 157 Å². The van der Waals surface area contributed by atoms with E-state index in [-0.39, 0.29) is 30.0 Å². The summed E-state index contributed by atoms with van der Waals surface area (Å²) in [5.41, 5.74) is 1.68. The van der Waals surface area contributed by atoms with Gasteiger partial charge in [-0.1, -0.05) is 35.5 Å². The molecule has 1 heterocycles. The van der Waals surface area contributed by atoms with Gasteiger partial charge < -0.3 is 9.64 Å². The molecule has 0 aliphatic rings. The van der Waals surface area contributed by atoms with Gasteiger partial charge in [-0.05, 0) is 30.7 Å². The molecule has 6 nitrogen and oxygen atoms in total. The quantitative estimate of drug-likeness (QED) is 0.670. The Morgan fingerprint density at radius 3 is 2.59 bits per heavy atom. The minimum absolute atomic E-state index is 0.153. The maximum atomic E-state index is 13.8. The molecule has 2 aromatic carbocycles. The van der Waals surface area contributed by atoms with Crippen molar-refractivity contribution in [2.24, 2.45) is 0 Å². The molecule has 0 N–H and O–H groups in total. The topological polar surface area (TPSA) is 60.2 Å². The van der Waals surface area contributed by atoms with Crippen LogP contribution in [0.3, 0.4) is 0 Å². The zero-order valence-corrected chi connectivity index (χ0v) is 15.5. The number of halogens is 1. The first-order chi connectivity index (χ1) is 13.0. The summed E-state index contributed by atoms with van der Waals surface area (Å²) in [5.74, 6) is 0.195. The van der Waals surface area contributed by atoms with Crippen LogP contribution in [-0.2, 0) is 6.54 Å². The van der Waals surface area contributed by atoms with Crippen molar-refractivity contribution in [3.05, 3.63) is 77.4 Å². The predicted molar refractivity (Wildman–Crippen MR) is 99.0 cm³/mol. The van der Waals surface area contributed by atoms with Crippen LogP contribution in [-0.4, -0.2) is 40.0 Å². The van der Waals surface area contributed by atoms with Gasteiger partial charge in [0.2, 0.25) is 0 Å². The fourth-order valence-corrected chi connectivity index (χ4v) is 2.74. The van der Waals surface area contributed by atoms with E-state index in [1.807, 2.05) is 31.2 Å². The average Bonchev–Trinajstić information content (AvgIpc) is 3.16. The van der Waals surface area contributed by atoms with Crippen LogP contribution in [0.25, 0.3) is 0 Å². The summed E-state index contributed by atoms with van der Waals surface area (Å²) in [6.45, 7) is 2.15. The molecular weight excluding hydrogens is 347 g/mol. The summed E-state index contributed by atoms with van der Waals surface area (Å²) in [4.78, 5) is 14.3. The van der Waals surface area contributed by atoms with Crippen LogP contribution in [0.5, 0.6) is 5.75 Å². The SMILES string of the molecule is COc1ccc(C(C)N(C)C(=O)c2cn(Cc3ccccc3F)nn2)cc1. The van der Waals surface area contributed by atoms with E-state index in [0.717, 1.165) is 11.3 Å². The minimum Gasteiger partial charge on any atom is -0.497 e. The zero-order chi connectivity index (χ0) is 19.4. The molecule has 27 heavy (non-hydrogen) atoms. The fourth-order valence-electron chi connectivity index (χ4n) is 2.74. The normalized spacial score (nSPS) is 11.9. The van der Waals surface area contributed by atoms with E-state index >= 15 is 0 Å². The zero-order valence-electron chi connectivity index (χ0n) is 15.5. The summed E-state index contributed by atoms with van der Waals surface area (Å²) >= 11 is 0. The van der Waals surface area contributed by atoms with Gasteiger partial charge in [-0.15, -0.1) is 5.10 Å². The van der Waals surface area contributed by atoms with Crippen molar-refractivity contribution >= 4 is 5.91 Å². The molecule has 0 fully saturated rings. The van der Waals surface area contributed by atoms with Gasteiger partial charge >= 0.3 is 0 Å². The van der Waals surface area contributed by atoms with Crippen LogP contribution in [0.1, 0.15) is 34.6 Å². The highest BCUT2D eigenvalue weighted by Crippen LogP contribution is 2.22. The molecule has 0 saturated heterocycles. The molecule has 1 atom stereocenters. The fraction of sp³-hybridized carbons (Fsp3) is 0.250. The van der Waals surface area contributed by atoms with Gasteiger partial charge in [-0.3, -0.25) is 4.79 Å². The Balaban J connectivity index is 1.71. The van der Waals surface area contributed by atoms with E-state index in [1.165, 1.54) is 16.9 Å². The second-order valence-electron chi connectivity index (χ2n) is 6.26. The lowest BCUT2D eigenvalue weighted by Gasteiger charge is -2.24. The van der Waals surface area contributed by atoms with E-state index in [2.05, 4.69) is 10.3 Å². The van der Waals surface area contributed by atoms with E-state index in [1.54, 1.807) is 37.3 Å². The number of aromatic nitrogens is 3. The summed E-state index contributed by atoms with van der Waals surface area (Å²) in [6.07, 6.45) is 1.53. The molecule has 1 unspecified atom stereocenters. The number of rotatable bonds is 6. The van der Waals surface area contributed by atoms with Crippen molar-refractivity contribution in [2.45, 2.75) is 19.5 Å². The largest absolute Gasteiger partial charge is 0.497 e. The highest BCUT2D eigenvalue weighted by Gasteiger charge is 2.21. The van der Waals surface area contributed by atoms with E-state index in [9.17, 15) is 9.18 Å². The molecule has 7 heteroatoms. The van der Waals surface area contributed by atoms with Gasteiger partial charge in [-0.25, -0.2) is 9.07 Å². The van der Waals surface area contributed by atoms with Crippen molar-refractivity contribution < 1.29 is 13.9 Å². The Morgan fingerprint density at radius 1 is 1.22 bits per heavy atom. The van der Waals surface area contributed by atoms with Crippen molar-refractivity contribution in [3.8, 4) is 5.75 Å². The lowest BCUT2D eigenvalue weighted by Crippen LogP contribution is -2.30. The van der Waals surface area contributed by atoms with E-state index in [4.69, 9.17) is 4.74 Å². The summed E-state index contributed by atoms with van der Waals surface area (Å²) in [6, 6.07) is 13.9. The highest BCUT2D eigenvalue weighted by atomic mass is 19.1. The highest BCUT2D eigenvalue weighted by molar-refractivity contribution is 5.92. The molecule has 140 valence electrons. The standard InChI is InChI=1S/C20H21FN4O2/c1-14(15-8-10-17(27-3)11-9-15)24(2)20(26)19-13-25(23-22-19)12-16-6-4-5-7-18(16)21/h4-11,13-14H,12H2,1-3H3. The first kappa shape index (κ1) is 18.6. The third-order valence-electron chi connectivity index (χ3n) is 4.55. The number of ether oxygens (including phenoxy) is 1. The number of hydrogen-bond donors (Lipinski definition) is 0. The number of carbonyl (C=O) groups is 1. The van der Waals surface area contributed by atoms with E-state index in [0.29, 0.717) is 5.56 Å². The van der Waals surface area contributed by atoms with Gasteiger partial charge in [0.05, 0.1) is 25.9 Å². The molecule has 0 radical (unpaired) electrons. The summed E-state index contributed by atoms with van der Waals surface area (Å²) < 4.78 is 20.4. The van der Waals surface area contributed by atoms with Crippen LogP contribution >= 0.6 is 0 Å². The number of benzene rings is 2. The van der Waals surface area contributed by atoms with Crippen molar-refractivity contribution in [3.63, 3.8) is 0 Å². The Bertz CT molecular complexity index is 924. The van der Waals surface area contributed by atoms with Gasteiger partial charge in [-0.2, -0.15) is 0 Å². The van der Waals surface area contributed by atoms with Gasteiger partial charge in [0.1, 0.15) is 11.6 Å². The van der Waals surface area contributed by atoms with Crippen LogP contribution in [0.4, 0.5) is 4.39 Å². The first-order valence-corrected chi connectivity index (χ1v) is 8.54. The average molecular weight is 368 g/mol. The molecular formula is C20H21FN4O2. The number of hydrogen-bond acceptors (Lipinski definition) is 4. The lowest BCUT2D eigenvalue weighted by atomic mass is 10.1. The molecule has 0 aliphatic carbocycles. The third kappa shape index (κ3) is 4.13. The van der Waals surface area contributed by atoms with Crippen LogP contribution in [0.15, 0.2) is 54.7 Å². The van der Waals surface area contributed by atoms with Crippen LogP contribution < -0.4 is 4.74 Å². The van der Waals surface area contributed by atoms with Gasteiger partial charge in [0.25, 0.3) is 5.91 Å². The van der Waals surface area contributed by atoms with E-state index < -0.39 is 0 Å². The van der Waals surface area contributed by atoms with Gasteiger partial charge in [0.15, 0.2) is 5.69 Å². The molecule has 1 aromatic heterocycles. The smallest absolute Gasteiger partial charge is 0.276 e. The Morgan fingerprint density at radius 2 is 1.93 bits per heavy atom. The van der Waals surface area contributed by atoms with Crippen molar-refractivity contribution in [1.29, 1.82) is 0 Å². The number of amides is 1.